The summed E-state index contributed by atoms with van der Waals surface area (Å²) in [5.41, 5.74) is 2.19. The van der Waals surface area contributed by atoms with Crippen LogP contribution in [0.25, 0.3) is 0 Å². The minimum atomic E-state index is -0.965. The lowest BCUT2D eigenvalue weighted by molar-refractivity contribution is 0.119. The molecule has 1 amide bonds. The van der Waals surface area contributed by atoms with Gasteiger partial charge in [-0.25, -0.2) is 14.8 Å². The van der Waals surface area contributed by atoms with E-state index in [1.54, 1.807) is 0 Å². The van der Waals surface area contributed by atoms with Gasteiger partial charge in [0.2, 0.25) is 0 Å². The molecule has 0 saturated carbocycles. The van der Waals surface area contributed by atoms with E-state index in [-0.39, 0.29) is 12.5 Å². The van der Waals surface area contributed by atoms with Gasteiger partial charge < -0.3 is 20.2 Å². The van der Waals surface area contributed by atoms with Crippen LogP contribution < -0.4 is 10.2 Å². The molecular weight excluding hydrogens is 340 g/mol. The molecule has 2 N–H and O–H groups in total. The first-order valence-electron chi connectivity index (χ1n) is 8.40. The number of anilines is 1. The van der Waals surface area contributed by atoms with Gasteiger partial charge in [0.05, 0.1) is 24.2 Å². The lowest BCUT2D eigenvalue weighted by Crippen LogP contribution is -2.55. The maximum absolute atomic E-state index is 11.4. The van der Waals surface area contributed by atoms with Crippen LogP contribution >= 0.6 is 11.8 Å². The van der Waals surface area contributed by atoms with Crippen molar-refractivity contribution >= 4 is 23.7 Å². The van der Waals surface area contributed by atoms with Gasteiger partial charge >= 0.3 is 6.09 Å². The van der Waals surface area contributed by atoms with Gasteiger partial charge in [0.1, 0.15) is 5.82 Å². The lowest BCUT2D eigenvalue weighted by atomic mass is 10.1. The second-order valence-corrected chi connectivity index (χ2v) is 6.95. The molecule has 1 aromatic rings. The maximum Gasteiger partial charge on any atom is 0.407 e. The summed E-state index contributed by atoms with van der Waals surface area (Å²) in [7, 11) is 0. The van der Waals surface area contributed by atoms with E-state index in [0.29, 0.717) is 19.6 Å². The number of aryl methyl sites for hydroxylation is 1. The van der Waals surface area contributed by atoms with E-state index in [4.69, 9.17) is 10.2 Å². The number of carbonyl (C=O) groups is 1. The molecule has 0 spiro atoms. The Hall–Kier alpha value is -2.05. The molecule has 1 aromatic heterocycles. The van der Waals surface area contributed by atoms with Gasteiger partial charge in [0.15, 0.2) is 5.16 Å². The average Bonchev–Trinajstić information content (AvgIpc) is 2.86. The SMILES string of the molecule is CSc1nc2c(c(N3CCN(C(=O)O)C(CC#N)C3)n1)CNCCC2. The monoisotopic (exact) mass is 362 g/mol. The van der Waals surface area contributed by atoms with Crippen LogP contribution in [0.2, 0.25) is 0 Å². The van der Waals surface area contributed by atoms with Crippen molar-refractivity contribution in [1.29, 1.82) is 5.26 Å². The van der Waals surface area contributed by atoms with Crippen molar-refractivity contribution in [3.63, 3.8) is 0 Å². The van der Waals surface area contributed by atoms with E-state index in [1.807, 2.05) is 6.26 Å². The molecule has 0 aliphatic carbocycles. The number of hydrogen-bond donors (Lipinski definition) is 2. The Bertz CT molecular complexity index is 692. The fourth-order valence-electron chi connectivity index (χ4n) is 3.41. The summed E-state index contributed by atoms with van der Waals surface area (Å²) in [6, 6.07) is 1.77. The van der Waals surface area contributed by atoms with E-state index in [1.165, 1.54) is 16.7 Å². The zero-order chi connectivity index (χ0) is 17.8. The third-order valence-corrected chi connectivity index (χ3v) is 5.20. The van der Waals surface area contributed by atoms with E-state index in [2.05, 4.69) is 21.3 Å². The smallest absolute Gasteiger partial charge is 0.407 e. The van der Waals surface area contributed by atoms with Gasteiger partial charge in [-0.1, -0.05) is 11.8 Å². The highest BCUT2D eigenvalue weighted by atomic mass is 32.2. The van der Waals surface area contributed by atoms with Gasteiger partial charge in [-0.2, -0.15) is 5.26 Å². The van der Waals surface area contributed by atoms with Crippen LogP contribution in [-0.2, 0) is 13.0 Å². The minimum absolute atomic E-state index is 0.184. The number of thioether (sulfide) groups is 1. The fraction of sp³-hybridized carbons (Fsp3) is 0.625. The molecule has 0 radical (unpaired) electrons. The molecule has 0 bridgehead atoms. The van der Waals surface area contributed by atoms with Gasteiger partial charge in [-0.05, 0) is 25.6 Å². The maximum atomic E-state index is 11.4. The zero-order valence-electron chi connectivity index (χ0n) is 14.2. The summed E-state index contributed by atoms with van der Waals surface area (Å²) in [6.07, 6.45) is 3.14. The molecule has 1 fully saturated rings. The number of nitrogens with one attached hydrogen (secondary N) is 1. The Labute approximate surface area is 151 Å². The van der Waals surface area contributed by atoms with Crippen molar-refractivity contribution in [2.24, 2.45) is 0 Å². The molecule has 134 valence electrons. The van der Waals surface area contributed by atoms with Crippen LogP contribution in [0.3, 0.4) is 0 Å². The van der Waals surface area contributed by atoms with Gasteiger partial charge in [-0.3, -0.25) is 0 Å². The molecule has 1 unspecified atom stereocenters. The summed E-state index contributed by atoms with van der Waals surface area (Å²) in [4.78, 5) is 24.3. The molecule has 2 aliphatic heterocycles. The zero-order valence-corrected chi connectivity index (χ0v) is 15.1. The summed E-state index contributed by atoms with van der Waals surface area (Å²) >= 11 is 1.52. The van der Waals surface area contributed by atoms with Crippen molar-refractivity contribution < 1.29 is 9.90 Å². The predicted molar refractivity (Wildman–Crippen MR) is 94.8 cm³/mol. The largest absolute Gasteiger partial charge is 0.465 e. The first-order chi connectivity index (χ1) is 12.1. The van der Waals surface area contributed by atoms with Gasteiger partial charge in [0.25, 0.3) is 0 Å². The normalized spacial score (nSPS) is 20.6. The Morgan fingerprint density at radius 2 is 2.32 bits per heavy atom. The molecule has 3 rings (SSSR count). The number of nitriles is 1. The van der Waals surface area contributed by atoms with Crippen LogP contribution in [0.15, 0.2) is 5.16 Å². The van der Waals surface area contributed by atoms with Gasteiger partial charge in [0, 0.05) is 31.7 Å². The van der Waals surface area contributed by atoms with Crippen LogP contribution in [0, 0.1) is 11.3 Å². The van der Waals surface area contributed by atoms with Crippen LogP contribution in [0.1, 0.15) is 24.1 Å². The van der Waals surface area contributed by atoms with E-state index >= 15 is 0 Å². The van der Waals surface area contributed by atoms with Crippen LogP contribution in [0.5, 0.6) is 0 Å². The van der Waals surface area contributed by atoms with Crippen molar-refractivity contribution in [3.05, 3.63) is 11.3 Å². The van der Waals surface area contributed by atoms with E-state index in [9.17, 15) is 9.90 Å². The summed E-state index contributed by atoms with van der Waals surface area (Å²) in [6.45, 7) is 3.11. The van der Waals surface area contributed by atoms with Crippen molar-refractivity contribution in [2.45, 2.75) is 37.0 Å². The Kier molecular flexibility index (Phi) is 5.60. The average molecular weight is 362 g/mol. The van der Waals surface area contributed by atoms with Crippen molar-refractivity contribution in [1.82, 2.24) is 20.2 Å². The lowest BCUT2D eigenvalue weighted by Gasteiger charge is -2.40. The first kappa shape index (κ1) is 17.8. The molecule has 9 heteroatoms. The number of hydrogen-bond acceptors (Lipinski definition) is 7. The molecule has 3 heterocycles. The topological polar surface area (TPSA) is 105 Å². The highest BCUT2D eigenvalue weighted by Gasteiger charge is 2.32. The first-order valence-corrected chi connectivity index (χ1v) is 9.62. The quantitative estimate of drug-likeness (QED) is 0.613. The fourth-order valence-corrected chi connectivity index (χ4v) is 3.79. The number of fused-ring (bicyclic) bond motifs is 1. The Balaban J connectivity index is 1.93. The molecule has 1 saturated heterocycles. The summed E-state index contributed by atoms with van der Waals surface area (Å²) in [5, 5.41) is 22.6. The van der Waals surface area contributed by atoms with Crippen LogP contribution in [0.4, 0.5) is 10.6 Å². The summed E-state index contributed by atoms with van der Waals surface area (Å²) < 4.78 is 0. The number of nitrogens with zero attached hydrogens (tertiary/aromatic N) is 5. The van der Waals surface area contributed by atoms with Crippen LogP contribution in [-0.4, -0.2) is 64.5 Å². The minimum Gasteiger partial charge on any atom is -0.465 e. The van der Waals surface area contributed by atoms with E-state index < -0.39 is 6.09 Å². The Morgan fingerprint density at radius 3 is 3.04 bits per heavy atom. The van der Waals surface area contributed by atoms with Crippen molar-refractivity contribution in [2.75, 3.05) is 37.3 Å². The number of aromatic nitrogens is 2. The van der Waals surface area contributed by atoms with E-state index in [0.717, 1.165) is 48.2 Å². The number of rotatable bonds is 3. The second-order valence-electron chi connectivity index (χ2n) is 6.18. The summed E-state index contributed by atoms with van der Waals surface area (Å²) in [5.74, 6) is 0.886. The molecule has 25 heavy (non-hydrogen) atoms. The third kappa shape index (κ3) is 3.80. The number of amides is 1. The Morgan fingerprint density at radius 1 is 1.48 bits per heavy atom. The third-order valence-electron chi connectivity index (χ3n) is 4.66. The standard InChI is InChI=1S/C16H22N6O2S/c1-25-15-19-13-3-2-6-18-9-12(13)14(20-15)21-7-8-22(16(23)24)11(10-21)4-5-17/h11,18H,2-4,6-10H2,1H3,(H,23,24). The number of carboxylic acid groups (broad SMARTS) is 1. The number of piperazine rings is 1. The van der Waals surface area contributed by atoms with Gasteiger partial charge in [-0.15, -0.1) is 0 Å². The molecule has 2 aliphatic rings. The second kappa shape index (κ2) is 7.89. The molecule has 8 nitrogen and oxygen atoms in total. The molecule has 1 atom stereocenters. The predicted octanol–water partition coefficient (Wildman–Crippen LogP) is 1.32. The highest BCUT2D eigenvalue weighted by molar-refractivity contribution is 7.98. The highest BCUT2D eigenvalue weighted by Crippen LogP contribution is 2.28. The molecule has 0 aromatic carbocycles. The molecular formula is C16H22N6O2S. The van der Waals surface area contributed by atoms with Crippen molar-refractivity contribution in [3.8, 4) is 6.07 Å².